The molecule has 6 nitrogen and oxygen atoms in total. The van der Waals surface area contributed by atoms with E-state index in [1.54, 1.807) is 6.20 Å². The van der Waals surface area contributed by atoms with Crippen LogP contribution < -0.4 is 5.73 Å². The highest BCUT2D eigenvalue weighted by Gasteiger charge is 2.08. The number of ketones is 1. The Bertz CT molecular complexity index is 401. The molecule has 0 radical (unpaired) electrons. The lowest BCUT2D eigenvalue weighted by Crippen LogP contribution is -2.14. The zero-order valence-corrected chi connectivity index (χ0v) is 10.6. The molecule has 1 aromatic rings. The van der Waals surface area contributed by atoms with Crippen molar-refractivity contribution in [3.05, 3.63) is 18.2 Å². The number of carbonyl (C=O) groups is 2. The fraction of sp³-hybridized carbons (Fsp3) is 0.583. The van der Waals surface area contributed by atoms with Crippen LogP contribution in [0.25, 0.3) is 0 Å². The molecular formula is C12H19N3O3. The maximum Gasteiger partial charge on any atom is 0.313 e. The Hall–Kier alpha value is -1.69. The van der Waals surface area contributed by atoms with E-state index in [4.69, 9.17) is 10.5 Å². The highest BCUT2D eigenvalue weighted by molar-refractivity contribution is 5.94. The number of esters is 1. The number of aromatic nitrogens is 2. The molecule has 0 spiro atoms. The highest BCUT2D eigenvalue weighted by atomic mass is 16.5. The largest absolute Gasteiger partial charge is 0.465 e. The number of carbonyl (C=O) groups excluding carboxylic acids is 2. The van der Waals surface area contributed by atoms with Crippen molar-refractivity contribution in [2.45, 2.75) is 32.7 Å². The average molecular weight is 253 g/mol. The quantitative estimate of drug-likeness (QED) is 0.531. The summed E-state index contributed by atoms with van der Waals surface area (Å²) < 4.78 is 6.94. The summed E-state index contributed by atoms with van der Waals surface area (Å²) in [5.74, 6) is 0.186. The lowest BCUT2D eigenvalue weighted by Gasteiger charge is -2.07. The van der Waals surface area contributed by atoms with Gasteiger partial charge in [-0.3, -0.25) is 9.59 Å². The van der Waals surface area contributed by atoms with Crippen LogP contribution in [0.3, 0.4) is 0 Å². The van der Waals surface area contributed by atoms with Gasteiger partial charge in [0.25, 0.3) is 0 Å². The molecule has 6 heteroatoms. The van der Waals surface area contributed by atoms with Crippen LogP contribution in [0.1, 0.15) is 25.6 Å². The van der Waals surface area contributed by atoms with Gasteiger partial charge in [0.2, 0.25) is 0 Å². The molecule has 100 valence electrons. The van der Waals surface area contributed by atoms with E-state index >= 15 is 0 Å². The third-order valence-corrected chi connectivity index (χ3v) is 2.39. The summed E-state index contributed by atoms with van der Waals surface area (Å²) in [5.41, 5.74) is 5.45. The Morgan fingerprint density at radius 1 is 1.50 bits per heavy atom. The molecule has 0 aliphatic carbocycles. The number of rotatable bonds is 8. The molecule has 1 aromatic heterocycles. The molecule has 0 unspecified atom stereocenters. The third kappa shape index (κ3) is 5.09. The van der Waals surface area contributed by atoms with Crippen LogP contribution in [0.2, 0.25) is 0 Å². The molecular weight excluding hydrogens is 234 g/mol. The van der Waals surface area contributed by atoms with Gasteiger partial charge >= 0.3 is 5.97 Å². The van der Waals surface area contributed by atoms with Gasteiger partial charge in [-0.2, -0.15) is 0 Å². The molecule has 1 rings (SSSR count). The smallest absolute Gasteiger partial charge is 0.313 e. The van der Waals surface area contributed by atoms with Gasteiger partial charge in [-0.1, -0.05) is 0 Å². The van der Waals surface area contributed by atoms with Crippen molar-refractivity contribution in [3.63, 3.8) is 0 Å². The Balaban J connectivity index is 2.32. The van der Waals surface area contributed by atoms with Crippen molar-refractivity contribution in [3.8, 4) is 0 Å². The molecule has 0 aliphatic rings. The molecule has 0 aliphatic heterocycles. The summed E-state index contributed by atoms with van der Waals surface area (Å²) in [4.78, 5) is 26.0. The van der Waals surface area contributed by atoms with Crippen molar-refractivity contribution < 1.29 is 14.3 Å². The lowest BCUT2D eigenvalue weighted by molar-refractivity contribution is -0.145. The number of hydrogen-bond donors (Lipinski definition) is 1. The first-order valence-corrected chi connectivity index (χ1v) is 5.98. The van der Waals surface area contributed by atoms with Crippen molar-refractivity contribution in [1.82, 2.24) is 9.55 Å². The van der Waals surface area contributed by atoms with Gasteiger partial charge in [0.05, 0.1) is 6.61 Å². The van der Waals surface area contributed by atoms with Crippen LogP contribution in [0.4, 0.5) is 0 Å². The SMILES string of the molecule is CC(=O)CC(=O)OCCc1nccn1CCCN. The monoisotopic (exact) mass is 253 g/mol. The molecule has 0 saturated heterocycles. The Morgan fingerprint density at radius 2 is 2.28 bits per heavy atom. The van der Waals surface area contributed by atoms with Gasteiger partial charge in [0, 0.05) is 25.4 Å². The molecule has 0 aromatic carbocycles. The summed E-state index contributed by atoms with van der Waals surface area (Å²) in [6.45, 7) is 3.05. The predicted octanol–water partition coefficient (Wildman–Crippen LogP) is 0.297. The molecule has 0 fully saturated rings. The van der Waals surface area contributed by atoms with Crippen LogP contribution in [-0.4, -0.2) is 34.5 Å². The summed E-state index contributed by atoms with van der Waals surface area (Å²) in [5, 5.41) is 0. The molecule has 1 heterocycles. The minimum absolute atomic E-state index is 0.165. The fourth-order valence-corrected chi connectivity index (χ4v) is 1.54. The van der Waals surface area contributed by atoms with Gasteiger partial charge in [-0.05, 0) is 19.9 Å². The lowest BCUT2D eigenvalue weighted by atomic mass is 10.3. The molecule has 0 saturated carbocycles. The second-order valence-electron chi connectivity index (χ2n) is 4.03. The first-order chi connectivity index (χ1) is 8.63. The number of nitrogens with zero attached hydrogens (tertiary/aromatic N) is 2. The van der Waals surface area contributed by atoms with Crippen LogP contribution in [0.5, 0.6) is 0 Å². The Morgan fingerprint density at radius 3 is 2.94 bits per heavy atom. The van der Waals surface area contributed by atoms with E-state index in [1.165, 1.54) is 6.92 Å². The Kier molecular flexibility index (Phi) is 6.07. The second kappa shape index (κ2) is 7.60. The second-order valence-corrected chi connectivity index (χ2v) is 4.03. The number of hydrogen-bond acceptors (Lipinski definition) is 5. The van der Waals surface area contributed by atoms with Crippen molar-refractivity contribution >= 4 is 11.8 Å². The van der Waals surface area contributed by atoms with E-state index in [2.05, 4.69) is 4.98 Å². The molecule has 2 N–H and O–H groups in total. The minimum atomic E-state index is -0.484. The summed E-state index contributed by atoms with van der Waals surface area (Å²) in [7, 11) is 0. The van der Waals surface area contributed by atoms with E-state index in [1.807, 2.05) is 10.8 Å². The predicted molar refractivity (Wildman–Crippen MR) is 65.9 cm³/mol. The van der Waals surface area contributed by atoms with Gasteiger partial charge < -0.3 is 15.0 Å². The molecule has 0 bridgehead atoms. The van der Waals surface area contributed by atoms with E-state index in [9.17, 15) is 9.59 Å². The van der Waals surface area contributed by atoms with Crippen molar-refractivity contribution in [1.29, 1.82) is 0 Å². The van der Waals surface area contributed by atoms with E-state index in [-0.39, 0.29) is 18.8 Å². The molecule has 18 heavy (non-hydrogen) atoms. The maximum absolute atomic E-state index is 11.2. The number of ether oxygens (including phenoxy) is 1. The van der Waals surface area contributed by atoms with E-state index < -0.39 is 5.97 Å². The zero-order valence-electron chi connectivity index (χ0n) is 10.6. The van der Waals surface area contributed by atoms with Crippen molar-refractivity contribution in [2.24, 2.45) is 5.73 Å². The highest BCUT2D eigenvalue weighted by Crippen LogP contribution is 2.01. The molecule has 0 atom stereocenters. The topological polar surface area (TPSA) is 87.2 Å². The van der Waals surface area contributed by atoms with Crippen LogP contribution in [0.15, 0.2) is 12.4 Å². The molecule has 0 amide bonds. The van der Waals surface area contributed by atoms with Gasteiger partial charge in [-0.15, -0.1) is 0 Å². The first-order valence-electron chi connectivity index (χ1n) is 5.98. The number of aryl methyl sites for hydroxylation is 1. The summed E-state index contributed by atoms with van der Waals surface area (Å²) in [6.07, 6.45) is 4.85. The third-order valence-electron chi connectivity index (χ3n) is 2.39. The summed E-state index contributed by atoms with van der Waals surface area (Å²) in [6, 6.07) is 0. The average Bonchev–Trinajstić information content (AvgIpc) is 2.73. The van der Waals surface area contributed by atoms with Crippen LogP contribution >= 0.6 is 0 Å². The zero-order chi connectivity index (χ0) is 13.4. The summed E-state index contributed by atoms with van der Waals surface area (Å²) >= 11 is 0. The minimum Gasteiger partial charge on any atom is -0.465 e. The van der Waals surface area contributed by atoms with Crippen LogP contribution in [0, 0.1) is 0 Å². The van der Waals surface area contributed by atoms with Crippen LogP contribution in [-0.2, 0) is 27.3 Å². The normalized spacial score (nSPS) is 10.3. The van der Waals surface area contributed by atoms with E-state index in [0.717, 1.165) is 18.8 Å². The fourth-order valence-electron chi connectivity index (χ4n) is 1.54. The standard InChI is InChI=1S/C12H19N3O3/c1-10(16)9-12(17)18-8-3-11-14-5-7-15(11)6-2-4-13/h5,7H,2-4,6,8-9,13H2,1H3. The first kappa shape index (κ1) is 14.4. The Labute approximate surface area is 106 Å². The van der Waals surface area contributed by atoms with Gasteiger partial charge in [0.15, 0.2) is 0 Å². The number of Topliss-reactive ketones (excluding diaryl/α,β-unsaturated/α-hetero) is 1. The van der Waals surface area contributed by atoms with Gasteiger partial charge in [-0.25, -0.2) is 4.98 Å². The van der Waals surface area contributed by atoms with E-state index in [0.29, 0.717) is 13.0 Å². The number of imidazole rings is 1. The maximum atomic E-state index is 11.2. The number of nitrogens with two attached hydrogens (primary N) is 1. The van der Waals surface area contributed by atoms with Gasteiger partial charge in [0.1, 0.15) is 18.0 Å². The van der Waals surface area contributed by atoms with Crippen molar-refractivity contribution in [2.75, 3.05) is 13.2 Å².